The normalized spacial score (nSPS) is 15.0. The Labute approximate surface area is 150 Å². The molecule has 1 aliphatic heterocycles. The van der Waals surface area contributed by atoms with Gasteiger partial charge in [-0.05, 0) is 6.07 Å². The van der Waals surface area contributed by atoms with Crippen molar-refractivity contribution in [2.75, 3.05) is 39.5 Å². The lowest BCUT2D eigenvalue weighted by molar-refractivity contribution is 0.0322. The number of nitrogens with zero attached hydrogens (tertiary/aromatic N) is 6. The molecule has 0 spiro atoms. The van der Waals surface area contributed by atoms with E-state index in [1.807, 2.05) is 6.07 Å². The molecule has 8 nitrogen and oxygen atoms in total. The molecule has 1 fully saturated rings. The van der Waals surface area contributed by atoms with Crippen molar-refractivity contribution in [3.63, 3.8) is 0 Å². The first-order valence-electron chi connectivity index (χ1n) is 8.45. The molecule has 0 radical (unpaired) electrons. The molecule has 0 aromatic carbocycles. The molecular weight excluding hydrogens is 332 g/mol. The molecule has 0 bridgehead atoms. The highest BCUT2D eigenvalue weighted by Crippen LogP contribution is 2.29. The molecule has 3 aromatic rings. The molecule has 0 aliphatic carbocycles. The minimum atomic E-state index is 0.503. The summed E-state index contributed by atoms with van der Waals surface area (Å²) in [5, 5.41) is 13.6. The van der Waals surface area contributed by atoms with Gasteiger partial charge < -0.3 is 9.47 Å². The highest BCUT2D eigenvalue weighted by Gasteiger charge is 2.14. The average Bonchev–Trinajstić information content (AvgIpc) is 3.12. The summed E-state index contributed by atoms with van der Waals surface area (Å²) in [6, 6.07) is 4.09. The summed E-state index contributed by atoms with van der Waals surface area (Å²) in [7, 11) is 0. The van der Waals surface area contributed by atoms with Crippen LogP contribution in [0.25, 0.3) is 16.6 Å². The van der Waals surface area contributed by atoms with Crippen molar-refractivity contribution in [1.29, 1.82) is 5.26 Å². The second kappa shape index (κ2) is 7.47. The number of fused-ring (bicyclic) bond motifs is 1. The lowest BCUT2D eigenvalue weighted by Crippen LogP contribution is -2.38. The first-order chi connectivity index (χ1) is 12.8. The largest absolute Gasteiger partial charge is 0.491 e. The van der Waals surface area contributed by atoms with Gasteiger partial charge in [0.15, 0.2) is 0 Å². The van der Waals surface area contributed by atoms with Crippen molar-refractivity contribution in [2.24, 2.45) is 0 Å². The van der Waals surface area contributed by atoms with Gasteiger partial charge in [-0.15, -0.1) is 0 Å². The monoisotopic (exact) mass is 350 g/mol. The molecule has 0 amide bonds. The summed E-state index contributed by atoms with van der Waals surface area (Å²) in [4.78, 5) is 10.5. The van der Waals surface area contributed by atoms with E-state index < -0.39 is 0 Å². The highest BCUT2D eigenvalue weighted by molar-refractivity contribution is 5.84. The van der Waals surface area contributed by atoms with Crippen molar-refractivity contribution in [3.05, 3.63) is 42.7 Å². The second-order valence-corrected chi connectivity index (χ2v) is 5.98. The van der Waals surface area contributed by atoms with Crippen molar-refractivity contribution in [1.82, 2.24) is 24.5 Å². The SMILES string of the molecule is N#Cc1cnn2cc(OCCN3CCOCC3)cc(-c3cncnc3)c12. The maximum atomic E-state index is 9.37. The smallest absolute Gasteiger partial charge is 0.138 e. The molecule has 0 unspecified atom stereocenters. The third-order valence-electron chi connectivity index (χ3n) is 4.36. The lowest BCUT2D eigenvalue weighted by atomic mass is 10.1. The molecule has 1 aliphatic rings. The van der Waals surface area contributed by atoms with Crippen molar-refractivity contribution in [2.45, 2.75) is 0 Å². The van der Waals surface area contributed by atoms with Crippen LogP contribution in [0.1, 0.15) is 5.56 Å². The van der Waals surface area contributed by atoms with Gasteiger partial charge in [0.05, 0.1) is 36.7 Å². The lowest BCUT2D eigenvalue weighted by Gasteiger charge is -2.26. The number of rotatable bonds is 5. The summed E-state index contributed by atoms with van der Waals surface area (Å²) in [5.74, 6) is 0.692. The van der Waals surface area contributed by atoms with E-state index in [1.165, 1.54) is 6.33 Å². The second-order valence-electron chi connectivity index (χ2n) is 5.98. The van der Waals surface area contributed by atoms with Crippen LogP contribution in [0, 0.1) is 11.3 Å². The number of morpholine rings is 1. The number of ether oxygens (including phenoxy) is 2. The van der Waals surface area contributed by atoms with Gasteiger partial charge in [0.25, 0.3) is 0 Å². The highest BCUT2D eigenvalue weighted by atomic mass is 16.5. The molecule has 26 heavy (non-hydrogen) atoms. The number of hydrogen-bond acceptors (Lipinski definition) is 7. The zero-order chi connectivity index (χ0) is 17.8. The van der Waals surface area contributed by atoms with Gasteiger partial charge in [-0.2, -0.15) is 10.4 Å². The van der Waals surface area contributed by atoms with Gasteiger partial charge in [0.1, 0.15) is 24.8 Å². The summed E-state index contributed by atoms with van der Waals surface area (Å²) >= 11 is 0. The molecule has 132 valence electrons. The van der Waals surface area contributed by atoms with Crippen LogP contribution in [0.5, 0.6) is 5.75 Å². The molecule has 8 heteroatoms. The summed E-state index contributed by atoms with van der Waals surface area (Å²) < 4.78 is 13.0. The Kier molecular flexibility index (Phi) is 4.73. The minimum absolute atomic E-state index is 0.503. The fourth-order valence-corrected chi connectivity index (χ4v) is 3.03. The van der Waals surface area contributed by atoms with Crippen LogP contribution in [-0.2, 0) is 4.74 Å². The third kappa shape index (κ3) is 3.35. The fourth-order valence-electron chi connectivity index (χ4n) is 3.03. The molecule has 4 heterocycles. The molecule has 0 N–H and O–H groups in total. The zero-order valence-corrected chi connectivity index (χ0v) is 14.2. The van der Waals surface area contributed by atoms with E-state index in [9.17, 15) is 5.26 Å². The molecule has 0 saturated carbocycles. The fraction of sp³-hybridized carbons (Fsp3) is 0.333. The first-order valence-corrected chi connectivity index (χ1v) is 8.45. The summed E-state index contributed by atoms with van der Waals surface area (Å²) in [5.41, 5.74) is 2.86. The minimum Gasteiger partial charge on any atom is -0.491 e. The third-order valence-corrected chi connectivity index (χ3v) is 4.36. The maximum Gasteiger partial charge on any atom is 0.138 e. The van der Waals surface area contributed by atoms with Crippen LogP contribution in [0.4, 0.5) is 0 Å². The standard InChI is InChI=1S/C18H18N6O2/c19-8-14-11-22-24-12-16(26-6-3-23-1-4-25-5-2-23)7-17(18(14)24)15-9-20-13-21-10-15/h7,9-13H,1-6H2. The van der Waals surface area contributed by atoms with Crippen LogP contribution >= 0.6 is 0 Å². The molecule has 0 atom stereocenters. The Balaban J connectivity index is 1.61. The first kappa shape index (κ1) is 16.4. The van der Waals surface area contributed by atoms with Crippen molar-refractivity contribution >= 4 is 5.52 Å². The van der Waals surface area contributed by atoms with Crippen LogP contribution in [0.15, 0.2) is 37.2 Å². The number of aromatic nitrogens is 4. The van der Waals surface area contributed by atoms with Gasteiger partial charge in [-0.25, -0.2) is 14.5 Å². The summed E-state index contributed by atoms with van der Waals surface area (Å²) in [6.45, 7) is 4.82. The number of nitriles is 1. The molecule has 1 saturated heterocycles. The molecule has 4 rings (SSSR count). The molecule has 3 aromatic heterocycles. The number of hydrogen-bond donors (Lipinski definition) is 0. The molecular formula is C18H18N6O2. The van der Waals surface area contributed by atoms with Gasteiger partial charge in [0, 0.05) is 43.2 Å². The Morgan fingerprint density at radius 1 is 1.19 bits per heavy atom. The van der Waals surface area contributed by atoms with Gasteiger partial charge >= 0.3 is 0 Å². The van der Waals surface area contributed by atoms with Gasteiger partial charge in [-0.3, -0.25) is 4.90 Å². The maximum absolute atomic E-state index is 9.37. The van der Waals surface area contributed by atoms with E-state index in [4.69, 9.17) is 9.47 Å². The Bertz CT molecular complexity index is 928. The van der Waals surface area contributed by atoms with E-state index in [-0.39, 0.29) is 0 Å². The van der Waals surface area contributed by atoms with Crippen LogP contribution < -0.4 is 4.74 Å². The Hall–Kier alpha value is -3.02. The van der Waals surface area contributed by atoms with Crippen LogP contribution in [-0.4, -0.2) is 63.9 Å². The van der Waals surface area contributed by atoms with Crippen LogP contribution in [0.2, 0.25) is 0 Å². The van der Waals surface area contributed by atoms with E-state index >= 15 is 0 Å². The predicted octanol–water partition coefficient (Wildman–Crippen LogP) is 1.37. The Morgan fingerprint density at radius 2 is 2.00 bits per heavy atom. The topological polar surface area (TPSA) is 88.6 Å². The number of pyridine rings is 1. The summed E-state index contributed by atoms with van der Waals surface area (Å²) in [6.07, 6.45) is 8.26. The van der Waals surface area contributed by atoms with E-state index in [0.717, 1.165) is 49.5 Å². The quantitative estimate of drug-likeness (QED) is 0.687. The average molecular weight is 350 g/mol. The van der Waals surface area contributed by atoms with E-state index in [2.05, 4.69) is 26.0 Å². The van der Waals surface area contributed by atoms with Crippen molar-refractivity contribution in [3.8, 4) is 22.9 Å². The van der Waals surface area contributed by atoms with Crippen molar-refractivity contribution < 1.29 is 9.47 Å². The van der Waals surface area contributed by atoms with Gasteiger partial charge in [-0.1, -0.05) is 0 Å². The van der Waals surface area contributed by atoms with Crippen LogP contribution in [0.3, 0.4) is 0 Å². The van der Waals surface area contributed by atoms with E-state index in [1.54, 1.807) is 29.3 Å². The predicted molar refractivity (Wildman–Crippen MR) is 93.7 cm³/mol. The Morgan fingerprint density at radius 3 is 2.77 bits per heavy atom. The van der Waals surface area contributed by atoms with E-state index in [0.29, 0.717) is 17.9 Å². The zero-order valence-electron chi connectivity index (χ0n) is 14.2. The van der Waals surface area contributed by atoms with Gasteiger partial charge in [0.2, 0.25) is 0 Å².